The molecule has 0 aliphatic carbocycles. The van der Waals surface area contributed by atoms with Crippen LogP contribution < -0.4 is 0 Å². The van der Waals surface area contributed by atoms with Crippen LogP contribution in [0.25, 0.3) is 0 Å². The van der Waals surface area contributed by atoms with Gasteiger partial charge in [-0.25, -0.2) is 0 Å². The SMILES string of the molecule is CC(C)N(CC(=O)N1CCn2cccc2[C@@H]1c1ccoc1)C(=O)c1ccco1. The number of rotatable bonds is 5. The van der Waals surface area contributed by atoms with Crippen molar-refractivity contribution in [2.24, 2.45) is 0 Å². The van der Waals surface area contributed by atoms with Gasteiger partial charge in [-0.1, -0.05) is 0 Å². The molecule has 0 unspecified atom stereocenters. The van der Waals surface area contributed by atoms with E-state index in [9.17, 15) is 9.59 Å². The highest BCUT2D eigenvalue weighted by Gasteiger charge is 2.34. The fourth-order valence-electron chi connectivity index (χ4n) is 3.70. The molecule has 0 saturated carbocycles. The first-order valence-corrected chi connectivity index (χ1v) is 9.37. The van der Waals surface area contributed by atoms with Crippen molar-refractivity contribution in [3.63, 3.8) is 0 Å². The Hall–Kier alpha value is -3.22. The van der Waals surface area contributed by atoms with Crippen molar-refractivity contribution in [2.75, 3.05) is 13.1 Å². The van der Waals surface area contributed by atoms with Crippen LogP contribution in [0, 0.1) is 0 Å². The summed E-state index contributed by atoms with van der Waals surface area (Å²) in [5.41, 5.74) is 1.95. The van der Waals surface area contributed by atoms with Crippen molar-refractivity contribution in [1.29, 1.82) is 0 Å². The number of nitrogens with zero attached hydrogens (tertiary/aromatic N) is 3. The Morgan fingerprint density at radius 3 is 2.71 bits per heavy atom. The Bertz CT molecular complexity index is 940. The van der Waals surface area contributed by atoms with E-state index >= 15 is 0 Å². The van der Waals surface area contributed by atoms with Crippen LogP contribution in [0.4, 0.5) is 0 Å². The predicted molar refractivity (Wildman–Crippen MR) is 102 cm³/mol. The van der Waals surface area contributed by atoms with Gasteiger partial charge < -0.3 is 23.2 Å². The summed E-state index contributed by atoms with van der Waals surface area (Å²) in [5.74, 6) is -0.152. The maximum Gasteiger partial charge on any atom is 0.290 e. The molecular weight excluding hydrogens is 358 g/mol. The van der Waals surface area contributed by atoms with Gasteiger partial charge in [0.25, 0.3) is 5.91 Å². The van der Waals surface area contributed by atoms with E-state index < -0.39 is 0 Å². The molecule has 7 heteroatoms. The van der Waals surface area contributed by atoms with Gasteiger partial charge in [-0.15, -0.1) is 0 Å². The first kappa shape index (κ1) is 18.2. The quantitative estimate of drug-likeness (QED) is 0.681. The zero-order valence-electron chi connectivity index (χ0n) is 15.9. The molecule has 0 saturated heterocycles. The molecule has 4 rings (SSSR count). The summed E-state index contributed by atoms with van der Waals surface area (Å²) in [6.07, 6.45) is 6.76. The number of furan rings is 2. The Kier molecular flexibility index (Phi) is 4.81. The molecule has 0 N–H and O–H groups in total. The lowest BCUT2D eigenvalue weighted by Crippen LogP contribution is -2.49. The molecule has 146 valence electrons. The molecule has 2 amide bonds. The van der Waals surface area contributed by atoms with Crippen LogP contribution in [-0.4, -0.2) is 45.3 Å². The van der Waals surface area contributed by atoms with Crippen LogP contribution in [0.3, 0.4) is 0 Å². The second-order valence-corrected chi connectivity index (χ2v) is 7.18. The molecule has 0 radical (unpaired) electrons. The summed E-state index contributed by atoms with van der Waals surface area (Å²) in [6, 6.07) is 8.79. The standard InChI is InChI=1S/C21H23N3O4/c1-15(2)24(21(26)18-6-4-11-28-18)13-19(25)23-10-9-22-8-3-5-17(22)20(23)16-7-12-27-14-16/h3-8,11-12,14-15,20H,9-10,13H2,1-2H3/t20-/m0/s1. The van der Waals surface area contributed by atoms with Gasteiger partial charge >= 0.3 is 0 Å². The van der Waals surface area contributed by atoms with Crippen molar-refractivity contribution < 1.29 is 18.4 Å². The molecule has 3 aromatic heterocycles. The number of hydrogen-bond acceptors (Lipinski definition) is 4. The molecule has 1 aliphatic rings. The first-order chi connectivity index (χ1) is 13.6. The smallest absolute Gasteiger partial charge is 0.290 e. The molecule has 3 aromatic rings. The summed E-state index contributed by atoms with van der Waals surface area (Å²) >= 11 is 0. The number of aromatic nitrogens is 1. The van der Waals surface area contributed by atoms with Gasteiger partial charge in [-0.05, 0) is 44.2 Å². The Balaban J connectivity index is 1.60. The summed E-state index contributed by atoms with van der Waals surface area (Å²) in [6.45, 7) is 5.06. The topological polar surface area (TPSA) is 71.8 Å². The minimum absolute atomic E-state index is 0.00768. The van der Waals surface area contributed by atoms with E-state index in [1.165, 1.54) is 6.26 Å². The predicted octanol–water partition coefficient (Wildman–Crippen LogP) is 3.16. The molecule has 28 heavy (non-hydrogen) atoms. The van der Waals surface area contributed by atoms with Crippen molar-refractivity contribution in [3.8, 4) is 0 Å². The molecule has 4 heterocycles. The molecule has 1 atom stereocenters. The summed E-state index contributed by atoms with van der Waals surface area (Å²) < 4.78 is 12.7. The third kappa shape index (κ3) is 3.24. The van der Waals surface area contributed by atoms with Crippen LogP contribution in [0.1, 0.15) is 41.7 Å². The minimum Gasteiger partial charge on any atom is -0.472 e. The van der Waals surface area contributed by atoms with Crippen molar-refractivity contribution >= 4 is 11.8 Å². The van der Waals surface area contributed by atoms with E-state index in [2.05, 4.69) is 4.57 Å². The zero-order valence-corrected chi connectivity index (χ0v) is 15.9. The second kappa shape index (κ2) is 7.42. The number of carbonyl (C=O) groups is 2. The third-order valence-electron chi connectivity index (χ3n) is 5.14. The van der Waals surface area contributed by atoms with Crippen LogP contribution in [0.15, 0.2) is 64.2 Å². The average Bonchev–Trinajstić information content (AvgIpc) is 3.45. The Labute approximate surface area is 163 Å². The number of hydrogen-bond donors (Lipinski definition) is 0. The van der Waals surface area contributed by atoms with Crippen LogP contribution >= 0.6 is 0 Å². The summed E-state index contributed by atoms with van der Waals surface area (Å²) in [7, 11) is 0. The number of amides is 2. The highest BCUT2D eigenvalue weighted by atomic mass is 16.3. The highest BCUT2D eigenvalue weighted by molar-refractivity contribution is 5.94. The van der Waals surface area contributed by atoms with Gasteiger partial charge in [0.15, 0.2) is 5.76 Å². The normalized spacial score (nSPS) is 16.2. The first-order valence-electron chi connectivity index (χ1n) is 9.37. The number of carbonyl (C=O) groups excluding carboxylic acids is 2. The fourth-order valence-corrected chi connectivity index (χ4v) is 3.70. The highest BCUT2D eigenvalue weighted by Crippen LogP contribution is 2.32. The maximum atomic E-state index is 13.3. The average molecular weight is 381 g/mol. The molecule has 0 spiro atoms. The van der Waals surface area contributed by atoms with Gasteiger partial charge in [-0.2, -0.15) is 0 Å². The van der Waals surface area contributed by atoms with Crippen LogP contribution in [0.5, 0.6) is 0 Å². The minimum atomic E-state index is -0.284. The van der Waals surface area contributed by atoms with E-state index in [1.54, 1.807) is 29.6 Å². The summed E-state index contributed by atoms with van der Waals surface area (Å²) in [4.78, 5) is 29.4. The molecule has 0 fully saturated rings. The number of fused-ring (bicyclic) bond motifs is 1. The van der Waals surface area contributed by atoms with E-state index in [0.717, 1.165) is 17.8 Å². The van der Waals surface area contributed by atoms with Crippen LogP contribution in [-0.2, 0) is 11.3 Å². The Morgan fingerprint density at radius 1 is 1.18 bits per heavy atom. The molecular formula is C21H23N3O4. The lowest BCUT2D eigenvalue weighted by atomic mass is 10.0. The second-order valence-electron chi connectivity index (χ2n) is 7.18. The largest absolute Gasteiger partial charge is 0.472 e. The molecule has 1 aliphatic heterocycles. The van der Waals surface area contributed by atoms with Gasteiger partial charge in [0.2, 0.25) is 5.91 Å². The van der Waals surface area contributed by atoms with Gasteiger partial charge in [-0.3, -0.25) is 9.59 Å². The molecule has 7 nitrogen and oxygen atoms in total. The lowest BCUT2D eigenvalue weighted by molar-refractivity contribution is -0.135. The van der Waals surface area contributed by atoms with Gasteiger partial charge in [0.05, 0.1) is 18.8 Å². The summed E-state index contributed by atoms with van der Waals surface area (Å²) in [5, 5.41) is 0. The fraction of sp³-hybridized carbons (Fsp3) is 0.333. The molecule has 0 aromatic carbocycles. The molecule has 0 bridgehead atoms. The van der Waals surface area contributed by atoms with E-state index in [0.29, 0.717) is 6.54 Å². The zero-order chi connectivity index (χ0) is 19.7. The third-order valence-corrected chi connectivity index (χ3v) is 5.14. The van der Waals surface area contributed by atoms with Crippen molar-refractivity contribution in [1.82, 2.24) is 14.4 Å². The van der Waals surface area contributed by atoms with E-state index in [1.807, 2.05) is 43.1 Å². The lowest BCUT2D eigenvalue weighted by Gasteiger charge is -2.38. The van der Waals surface area contributed by atoms with Gasteiger partial charge in [0, 0.05) is 36.6 Å². The van der Waals surface area contributed by atoms with Crippen LogP contribution in [0.2, 0.25) is 0 Å². The van der Waals surface area contributed by atoms with Crippen molar-refractivity contribution in [3.05, 3.63) is 72.3 Å². The van der Waals surface area contributed by atoms with E-state index in [-0.39, 0.29) is 36.2 Å². The van der Waals surface area contributed by atoms with Crippen molar-refractivity contribution in [2.45, 2.75) is 32.5 Å². The Morgan fingerprint density at radius 2 is 2.04 bits per heavy atom. The monoisotopic (exact) mass is 381 g/mol. The maximum absolute atomic E-state index is 13.3. The van der Waals surface area contributed by atoms with E-state index in [4.69, 9.17) is 8.83 Å². The van der Waals surface area contributed by atoms with Gasteiger partial charge in [0.1, 0.15) is 12.6 Å².